The van der Waals surface area contributed by atoms with Gasteiger partial charge in [0.25, 0.3) is 0 Å². The molecule has 1 rings (SSSR count). The minimum absolute atomic E-state index is 0.198. The van der Waals surface area contributed by atoms with E-state index in [1.165, 1.54) is 0 Å². The summed E-state index contributed by atoms with van der Waals surface area (Å²) in [4.78, 5) is 0.222. The van der Waals surface area contributed by atoms with E-state index in [2.05, 4.69) is 20.7 Å². The molecule has 0 saturated carbocycles. The van der Waals surface area contributed by atoms with Gasteiger partial charge in [0.2, 0.25) is 10.0 Å². The second-order valence-electron chi connectivity index (χ2n) is 4.91. The first kappa shape index (κ1) is 16.6. The van der Waals surface area contributed by atoms with Crippen LogP contribution < -0.4 is 4.72 Å². The Morgan fingerprint density at radius 2 is 1.84 bits per heavy atom. The number of benzene rings is 1. The Morgan fingerprint density at radius 3 is 2.26 bits per heavy atom. The van der Waals surface area contributed by atoms with E-state index in [1.54, 1.807) is 24.3 Å². The number of rotatable bonds is 7. The lowest BCUT2D eigenvalue weighted by Gasteiger charge is -2.18. The Balaban J connectivity index is 2.84. The maximum atomic E-state index is 12.1. The average Bonchev–Trinajstić information content (AvgIpc) is 2.37. The summed E-state index contributed by atoms with van der Waals surface area (Å²) in [7, 11) is -3.57. The normalized spacial score (nSPS) is 13.7. The molecule has 0 aromatic heterocycles. The van der Waals surface area contributed by atoms with E-state index < -0.39 is 16.1 Å². The fraction of sp³-hybridized carbons (Fsp3) is 0.538. The van der Waals surface area contributed by atoms with Crippen LogP contribution in [0.25, 0.3) is 0 Å². The predicted molar refractivity (Wildman–Crippen MR) is 79.7 cm³/mol. The van der Waals surface area contributed by atoms with Gasteiger partial charge in [-0.05, 0) is 30.0 Å². The smallest absolute Gasteiger partial charge is 0.240 e. The molecule has 4 nitrogen and oxygen atoms in total. The third kappa shape index (κ3) is 5.22. The summed E-state index contributed by atoms with van der Waals surface area (Å²) >= 11 is 3.31. The molecule has 1 aromatic rings. The maximum absolute atomic E-state index is 12.1. The molecule has 0 aliphatic heterocycles. The Bertz CT molecular complexity index is 485. The minimum atomic E-state index is -3.57. The van der Waals surface area contributed by atoms with E-state index in [4.69, 9.17) is 0 Å². The van der Waals surface area contributed by atoms with Crippen LogP contribution in [0.2, 0.25) is 0 Å². The van der Waals surface area contributed by atoms with E-state index in [-0.39, 0.29) is 11.5 Å². The van der Waals surface area contributed by atoms with Crippen molar-refractivity contribution in [2.75, 3.05) is 6.61 Å². The molecule has 0 saturated heterocycles. The highest BCUT2D eigenvalue weighted by molar-refractivity contribution is 9.08. The second-order valence-corrected chi connectivity index (χ2v) is 7.18. The topological polar surface area (TPSA) is 66.4 Å². The van der Waals surface area contributed by atoms with Crippen molar-refractivity contribution in [1.29, 1.82) is 0 Å². The van der Waals surface area contributed by atoms with E-state index in [0.717, 1.165) is 5.56 Å². The molecule has 0 heterocycles. The quantitative estimate of drug-likeness (QED) is 0.742. The van der Waals surface area contributed by atoms with Crippen LogP contribution in [0.4, 0.5) is 0 Å². The lowest BCUT2D eigenvalue weighted by Crippen LogP contribution is -2.38. The van der Waals surface area contributed by atoms with Crippen LogP contribution in [-0.4, -0.2) is 26.2 Å². The summed E-state index contributed by atoms with van der Waals surface area (Å²) in [6.07, 6.45) is 0.606. The molecule has 1 aromatic carbocycles. The number of aliphatic hydroxyl groups excluding tert-OH is 1. The average molecular weight is 350 g/mol. The lowest BCUT2D eigenvalue weighted by molar-refractivity contribution is 0.240. The number of nitrogens with one attached hydrogen (secondary N) is 1. The molecule has 6 heteroatoms. The Morgan fingerprint density at radius 1 is 1.26 bits per heavy atom. The number of sulfonamides is 1. The highest BCUT2D eigenvalue weighted by Gasteiger charge is 2.20. The molecule has 0 spiro atoms. The molecule has 2 N–H and O–H groups in total. The Labute approximate surface area is 123 Å². The van der Waals surface area contributed by atoms with Gasteiger partial charge in [-0.2, -0.15) is 0 Å². The molecule has 0 bridgehead atoms. The summed E-state index contributed by atoms with van der Waals surface area (Å²) in [6, 6.07) is 6.23. The zero-order valence-electron chi connectivity index (χ0n) is 11.1. The molecule has 108 valence electrons. The highest BCUT2D eigenvalue weighted by atomic mass is 79.9. The summed E-state index contributed by atoms with van der Waals surface area (Å²) in [5, 5.41) is 9.92. The Hall–Kier alpha value is -0.430. The van der Waals surface area contributed by atoms with Gasteiger partial charge in [-0.1, -0.05) is 41.9 Å². The van der Waals surface area contributed by atoms with Gasteiger partial charge in [0.05, 0.1) is 11.5 Å². The maximum Gasteiger partial charge on any atom is 0.240 e. The van der Waals surface area contributed by atoms with Gasteiger partial charge < -0.3 is 5.11 Å². The van der Waals surface area contributed by atoms with Crippen molar-refractivity contribution >= 4 is 26.0 Å². The molecule has 19 heavy (non-hydrogen) atoms. The molecule has 0 aliphatic rings. The van der Waals surface area contributed by atoms with Crippen LogP contribution in [-0.2, 0) is 15.4 Å². The van der Waals surface area contributed by atoms with Gasteiger partial charge in [0.15, 0.2) is 0 Å². The van der Waals surface area contributed by atoms with Crippen LogP contribution in [0.15, 0.2) is 29.2 Å². The molecule has 0 fully saturated rings. The first-order valence-corrected chi connectivity index (χ1v) is 8.77. The molecule has 0 amide bonds. The van der Waals surface area contributed by atoms with Crippen molar-refractivity contribution in [3.8, 4) is 0 Å². The number of hydrogen-bond acceptors (Lipinski definition) is 3. The summed E-state index contributed by atoms with van der Waals surface area (Å²) in [5.41, 5.74) is 1.01. The van der Waals surface area contributed by atoms with Crippen molar-refractivity contribution in [2.24, 2.45) is 5.92 Å². The Kier molecular flexibility index (Phi) is 6.46. The van der Waals surface area contributed by atoms with E-state index in [0.29, 0.717) is 17.7 Å². The largest absolute Gasteiger partial charge is 0.395 e. The number of aliphatic hydroxyl groups is 1. The van der Waals surface area contributed by atoms with Crippen LogP contribution in [0, 0.1) is 5.92 Å². The molecule has 0 unspecified atom stereocenters. The van der Waals surface area contributed by atoms with Gasteiger partial charge in [-0.3, -0.25) is 0 Å². The monoisotopic (exact) mass is 349 g/mol. The SMILES string of the molecule is CC(C)C[C@@H](CO)NS(=O)(=O)c1ccc(CBr)cc1. The van der Waals surface area contributed by atoms with Crippen molar-refractivity contribution in [3.63, 3.8) is 0 Å². The third-order valence-corrected chi connectivity index (χ3v) is 4.87. The first-order valence-electron chi connectivity index (χ1n) is 6.17. The molecule has 1 atom stereocenters. The zero-order chi connectivity index (χ0) is 14.5. The van der Waals surface area contributed by atoms with Gasteiger partial charge in [0, 0.05) is 11.4 Å². The number of alkyl halides is 1. The van der Waals surface area contributed by atoms with Gasteiger partial charge in [-0.25, -0.2) is 13.1 Å². The molecule has 0 radical (unpaired) electrons. The fourth-order valence-electron chi connectivity index (χ4n) is 1.77. The highest BCUT2D eigenvalue weighted by Crippen LogP contribution is 2.14. The van der Waals surface area contributed by atoms with Crippen LogP contribution in [0.5, 0.6) is 0 Å². The van der Waals surface area contributed by atoms with Gasteiger partial charge in [-0.15, -0.1) is 0 Å². The summed E-state index contributed by atoms with van der Waals surface area (Å²) < 4.78 is 26.8. The van der Waals surface area contributed by atoms with E-state index >= 15 is 0 Å². The predicted octanol–water partition coefficient (Wildman–Crippen LogP) is 2.27. The van der Waals surface area contributed by atoms with Crippen LogP contribution in [0.1, 0.15) is 25.8 Å². The standard InChI is InChI=1S/C13H20BrNO3S/c1-10(2)7-12(9-16)15-19(17,18)13-5-3-11(8-14)4-6-13/h3-6,10,12,15-16H,7-9H2,1-2H3/t12-/m0/s1. The second kappa shape index (κ2) is 7.38. The van der Waals surface area contributed by atoms with E-state index in [9.17, 15) is 13.5 Å². The number of halogens is 1. The molecular formula is C13H20BrNO3S. The van der Waals surface area contributed by atoms with Crippen molar-refractivity contribution in [3.05, 3.63) is 29.8 Å². The van der Waals surface area contributed by atoms with Crippen LogP contribution >= 0.6 is 15.9 Å². The van der Waals surface area contributed by atoms with Gasteiger partial charge >= 0.3 is 0 Å². The molecular weight excluding hydrogens is 330 g/mol. The fourth-order valence-corrected chi connectivity index (χ4v) is 3.39. The minimum Gasteiger partial charge on any atom is -0.395 e. The molecule has 0 aliphatic carbocycles. The van der Waals surface area contributed by atoms with E-state index in [1.807, 2.05) is 13.8 Å². The van der Waals surface area contributed by atoms with Crippen molar-refractivity contribution < 1.29 is 13.5 Å². The third-order valence-electron chi connectivity index (χ3n) is 2.69. The van der Waals surface area contributed by atoms with Crippen molar-refractivity contribution in [1.82, 2.24) is 4.72 Å². The van der Waals surface area contributed by atoms with Crippen molar-refractivity contribution in [2.45, 2.75) is 36.5 Å². The first-order chi connectivity index (χ1) is 8.89. The van der Waals surface area contributed by atoms with Crippen LogP contribution in [0.3, 0.4) is 0 Å². The lowest BCUT2D eigenvalue weighted by atomic mass is 10.1. The summed E-state index contributed by atoms with van der Waals surface area (Å²) in [5.74, 6) is 0.315. The zero-order valence-corrected chi connectivity index (χ0v) is 13.5. The number of hydrogen-bond donors (Lipinski definition) is 2. The summed E-state index contributed by atoms with van der Waals surface area (Å²) in [6.45, 7) is 3.78. The van der Waals surface area contributed by atoms with Gasteiger partial charge in [0.1, 0.15) is 0 Å².